The minimum atomic E-state index is -0.385. The molecule has 1 amide bonds. The van der Waals surface area contributed by atoms with E-state index in [1.807, 2.05) is 11.1 Å². The first-order chi connectivity index (χ1) is 7.68. The summed E-state index contributed by atoms with van der Waals surface area (Å²) in [7, 11) is 0. The second kappa shape index (κ2) is 4.65. The molecule has 0 saturated carbocycles. The van der Waals surface area contributed by atoms with E-state index in [1.54, 1.807) is 13.3 Å². The van der Waals surface area contributed by atoms with E-state index in [4.69, 9.17) is 5.73 Å². The van der Waals surface area contributed by atoms with Crippen molar-refractivity contribution in [1.29, 1.82) is 0 Å². The highest BCUT2D eigenvalue weighted by Gasteiger charge is 2.25. The summed E-state index contributed by atoms with van der Waals surface area (Å²) in [6.07, 6.45) is 5.55. The van der Waals surface area contributed by atoms with Gasteiger partial charge in [0.2, 0.25) is 5.91 Å². The minimum Gasteiger partial charge on any atom is -0.348 e. The third-order valence-electron chi connectivity index (χ3n) is 3.16. The Kier molecular flexibility index (Phi) is 3.24. The highest BCUT2D eigenvalue weighted by Crippen LogP contribution is 2.26. The van der Waals surface area contributed by atoms with Gasteiger partial charge in [0.05, 0.1) is 12.4 Å². The summed E-state index contributed by atoms with van der Waals surface area (Å²) in [6.45, 7) is 3.33. The van der Waals surface area contributed by atoms with Gasteiger partial charge in [-0.25, -0.2) is 4.98 Å². The maximum absolute atomic E-state index is 11.7. The summed E-state index contributed by atoms with van der Waals surface area (Å²) < 4.78 is 0. The summed E-state index contributed by atoms with van der Waals surface area (Å²) in [5.74, 6) is 0.558. The Bertz CT molecular complexity index is 339. The molecule has 0 aromatic carbocycles. The molecule has 2 heterocycles. The molecule has 0 spiro atoms. The van der Waals surface area contributed by atoms with Gasteiger partial charge in [-0.3, -0.25) is 4.79 Å². The first kappa shape index (κ1) is 11.1. The van der Waals surface area contributed by atoms with E-state index in [9.17, 15) is 4.79 Å². The molecular formula is C11H18N4O. The highest BCUT2D eigenvalue weighted by molar-refractivity contribution is 5.81. The van der Waals surface area contributed by atoms with E-state index in [1.165, 1.54) is 5.69 Å². The summed E-state index contributed by atoms with van der Waals surface area (Å²) in [6, 6.07) is -0.385. The van der Waals surface area contributed by atoms with Crippen molar-refractivity contribution >= 4 is 5.91 Å². The number of imidazole rings is 1. The fraction of sp³-hybridized carbons (Fsp3) is 0.636. The Labute approximate surface area is 95.0 Å². The minimum absolute atomic E-state index is 0.0584. The van der Waals surface area contributed by atoms with Crippen molar-refractivity contribution in [2.45, 2.75) is 31.7 Å². The van der Waals surface area contributed by atoms with Crippen LogP contribution < -0.4 is 5.73 Å². The number of hydrogen-bond donors (Lipinski definition) is 2. The fourth-order valence-corrected chi connectivity index (χ4v) is 2.19. The highest BCUT2D eigenvalue weighted by atomic mass is 16.2. The van der Waals surface area contributed by atoms with Crippen LogP contribution in [0, 0.1) is 0 Å². The van der Waals surface area contributed by atoms with Gasteiger partial charge in [0.15, 0.2) is 0 Å². The molecule has 1 aliphatic heterocycles. The van der Waals surface area contributed by atoms with Crippen molar-refractivity contribution in [3.8, 4) is 0 Å². The van der Waals surface area contributed by atoms with Crippen LogP contribution in [-0.4, -0.2) is 39.9 Å². The number of likely N-dealkylation sites (tertiary alicyclic amines) is 1. The van der Waals surface area contributed by atoms with Crippen LogP contribution in [0.3, 0.4) is 0 Å². The van der Waals surface area contributed by atoms with Crippen molar-refractivity contribution in [3.63, 3.8) is 0 Å². The Morgan fingerprint density at radius 1 is 1.62 bits per heavy atom. The normalized spacial score (nSPS) is 19.8. The van der Waals surface area contributed by atoms with Crippen LogP contribution in [-0.2, 0) is 4.79 Å². The van der Waals surface area contributed by atoms with Crippen molar-refractivity contribution in [1.82, 2.24) is 14.9 Å². The summed E-state index contributed by atoms with van der Waals surface area (Å²) in [5, 5.41) is 0. The molecule has 0 aliphatic carbocycles. The van der Waals surface area contributed by atoms with Crippen LogP contribution in [0.2, 0.25) is 0 Å². The van der Waals surface area contributed by atoms with Gasteiger partial charge in [-0.2, -0.15) is 0 Å². The zero-order valence-corrected chi connectivity index (χ0v) is 9.52. The lowest BCUT2D eigenvalue weighted by atomic mass is 9.94. The molecule has 1 aromatic heterocycles. The Hall–Kier alpha value is -1.36. The van der Waals surface area contributed by atoms with Crippen LogP contribution in [0.15, 0.2) is 12.5 Å². The molecule has 3 N–H and O–H groups in total. The number of rotatable bonds is 2. The third-order valence-corrected chi connectivity index (χ3v) is 3.16. The number of nitrogens with zero attached hydrogens (tertiary/aromatic N) is 2. The molecule has 0 unspecified atom stereocenters. The van der Waals surface area contributed by atoms with E-state index in [0.29, 0.717) is 5.92 Å². The predicted octanol–water partition coefficient (Wildman–Crippen LogP) is 0.463. The van der Waals surface area contributed by atoms with Crippen LogP contribution in [0.5, 0.6) is 0 Å². The van der Waals surface area contributed by atoms with Gasteiger partial charge >= 0.3 is 0 Å². The number of carbonyl (C=O) groups is 1. The van der Waals surface area contributed by atoms with Crippen LogP contribution in [0.4, 0.5) is 0 Å². The molecule has 0 bridgehead atoms. The maximum atomic E-state index is 11.7. The molecule has 1 saturated heterocycles. The number of hydrogen-bond acceptors (Lipinski definition) is 3. The van der Waals surface area contributed by atoms with Gasteiger partial charge in [-0.05, 0) is 19.8 Å². The summed E-state index contributed by atoms with van der Waals surface area (Å²) in [5.41, 5.74) is 6.76. The quantitative estimate of drug-likeness (QED) is 0.763. The smallest absolute Gasteiger partial charge is 0.239 e. The van der Waals surface area contributed by atoms with Crippen molar-refractivity contribution < 1.29 is 4.79 Å². The van der Waals surface area contributed by atoms with Gasteiger partial charge < -0.3 is 15.6 Å². The molecule has 16 heavy (non-hydrogen) atoms. The summed E-state index contributed by atoms with van der Waals surface area (Å²) >= 11 is 0. The first-order valence-electron chi connectivity index (χ1n) is 5.71. The van der Waals surface area contributed by atoms with Crippen LogP contribution in [0.25, 0.3) is 0 Å². The third kappa shape index (κ3) is 2.24. The van der Waals surface area contributed by atoms with Gasteiger partial charge in [-0.15, -0.1) is 0 Å². The van der Waals surface area contributed by atoms with E-state index in [0.717, 1.165) is 25.9 Å². The molecule has 5 nitrogen and oxygen atoms in total. The maximum Gasteiger partial charge on any atom is 0.239 e. The number of amides is 1. The molecule has 1 aromatic rings. The number of H-pyrrole nitrogens is 1. The molecular weight excluding hydrogens is 204 g/mol. The lowest BCUT2D eigenvalue weighted by molar-refractivity contribution is -0.133. The molecule has 5 heteroatoms. The Morgan fingerprint density at radius 2 is 2.31 bits per heavy atom. The number of nitrogens with one attached hydrogen (secondary N) is 1. The lowest BCUT2D eigenvalue weighted by Crippen LogP contribution is -2.45. The zero-order valence-electron chi connectivity index (χ0n) is 9.52. The first-order valence-corrected chi connectivity index (χ1v) is 5.71. The number of piperidine rings is 1. The number of aromatic nitrogens is 2. The largest absolute Gasteiger partial charge is 0.348 e. The van der Waals surface area contributed by atoms with Crippen LogP contribution >= 0.6 is 0 Å². The van der Waals surface area contributed by atoms with Crippen molar-refractivity contribution in [2.24, 2.45) is 5.73 Å². The second-order valence-electron chi connectivity index (χ2n) is 4.40. The van der Waals surface area contributed by atoms with E-state index in [-0.39, 0.29) is 11.9 Å². The molecule has 0 radical (unpaired) electrons. The zero-order chi connectivity index (χ0) is 11.5. The topological polar surface area (TPSA) is 75.0 Å². The van der Waals surface area contributed by atoms with Crippen molar-refractivity contribution in [3.05, 3.63) is 18.2 Å². The molecule has 1 fully saturated rings. The van der Waals surface area contributed by atoms with Gasteiger partial charge in [0, 0.05) is 30.9 Å². The number of nitrogens with two attached hydrogens (primary N) is 1. The average Bonchev–Trinajstić information content (AvgIpc) is 2.81. The second-order valence-corrected chi connectivity index (χ2v) is 4.40. The standard InChI is InChI=1S/C11H18N4O/c1-8(12)11(16)15-4-2-9(3-5-15)10-6-13-7-14-10/h6-9H,2-5,12H2,1H3,(H,13,14)/t8-/m1/s1. The molecule has 1 aliphatic rings. The molecule has 2 rings (SSSR count). The van der Waals surface area contributed by atoms with Crippen LogP contribution in [0.1, 0.15) is 31.4 Å². The summed E-state index contributed by atoms with van der Waals surface area (Å²) in [4.78, 5) is 20.7. The number of aromatic amines is 1. The van der Waals surface area contributed by atoms with E-state index < -0.39 is 0 Å². The van der Waals surface area contributed by atoms with Gasteiger partial charge in [-0.1, -0.05) is 0 Å². The SMILES string of the molecule is C[C@@H](N)C(=O)N1CCC(c2cnc[nH]2)CC1. The lowest BCUT2D eigenvalue weighted by Gasteiger charge is -2.32. The fourth-order valence-electron chi connectivity index (χ4n) is 2.19. The Morgan fingerprint density at radius 3 is 2.81 bits per heavy atom. The van der Waals surface area contributed by atoms with Crippen molar-refractivity contribution in [2.75, 3.05) is 13.1 Å². The molecule has 1 atom stereocenters. The Balaban J connectivity index is 1.90. The van der Waals surface area contributed by atoms with E-state index >= 15 is 0 Å². The van der Waals surface area contributed by atoms with E-state index in [2.05, 4.69) is 9.97 Å². The monoisotopic (exact) mass is 222 g/mol. The predicted molar refractivity (Wildman–Crippen MR) is 60.8 cm³/mol. The number of carbonyl (C=O) groups excluding carboxylic acids is 1. The average molecular weight is 222 g/mol. The van der Waals surface area contributed by atoms with Gasteiger partial charge in [0.1, 0.15) is 0 Å². The molecule has 88 valence electrons. The van der Waals surface area contributed by atoms with Gasteiger partial charge in [0.25, 0.3) is 0 Å².